The van der Waals surface area contributed by atoms with E-state index in [-0.39, 0.29) is 15.9 Å². The van der Waals surface area contributed by atoms with Crippen LogP contribution >= 0.6 is 38.5 Å². The highest BCUT2D eigenvalue weighted by Gasteiger charge is 2.14. The van der Waals surface area contributed by atoms with Crippen LogP contribution in [0.4, 0.5) is 5.69 Å². The van der Waals surface area contributed by atoms with Crippen molar-refractivity contribution >= 4 is 44.2 Å². The lowest BCUT2D eigenvalue weighted by molar-refractivity contribution is -0.385. The Hall–Kier alpha value is -0.370. The van der Waals surface area contributed by atoms with Gasteiger partial charge in [0.1, 0.15) is 5.75 Å². The van der Waals surface area contributed by atoms with Gasteiger partial charge in [0.2, 0.25) is 0 Å². The molecule has 0 radical (unpaired) electrons. The van der Waals surface area contributed by atoms with Gasteiger partial charge in [-0.3, -0.25) is 10.1 Å². The van der Waals surface area contributed by atoms with Crippen LogP contribution in [-0.4, -0.2) is 10.0 Å². The first kappa shape index (κ1) is 9.72. The smallest absolute Gasteiger partial charge is 0.284 e. The van der Waals surface area contributed by atoms with Crippen LogP contribution in [0.5, 0.6) is 5.75 Å². The Morgan fingerprint density at radius 3 is 2.67 bits per heavy atom. The quantitative estimate of drug-likeness (QED) is 0.484. The third kappa shape index (κ3) is 1.86. The Kier molecular flexibility index (Phi) is 2.89. The Balaban J connectivity index is 3.33. The van der Waals surface area contributed by atoms with Crippen LogP contribution in [0.25, 0.3) is 0 Å². The highest BCUT2D eigenvalue weighted by Crippen LogP contribution is 2.32. The summed E-state index contributed by atoms with van der Waals surface area (Å²) in [4.78, 5) is 9.87. The first-order chi connectivity index (χ1) is 5.52. The minimum Gasteiger partial charge on any atom is -0.507 e. The predicted octanol–water partition coefficient (Wildman–Crippen LogP) is 2.67. The highest BCUT2D eigenvalue weighted by atomic mass is 127. The average molecular weight is 344 g/mol. The number of nitro benzene ring substituents is 1. The average Bonchev–Trinajstić information content (AvgIpc) is 1.96. The minimum absolute atomic E-state index is 0.0353. The Morgan fingerprint density at radius 1 is 1.58 bits per heavy atom. The highest BCUT2D eigenvalue weighted by molar-refractivity contribution is 14.1. The van der Waals surface area contributed by atoms with Crippen molar-refractivity contribution in [3.8, 4) is 5.75 Å². The lowest BCUT2D eigenvalue weighted by Gasteiger charge is -1.98. The summed E-state index contributed by atoms with van der Waals surface area (Å²) in [6, 6.07) is 2.61. The molecule has 0 fully saturated rings. The molecule has 4 nitrogen and oxygen atoms in total. The van der Waals surface area contributed by atoms with E-state index in [0.29, 0.717) is 3.57 Å². The number of nitro groups is 1. The number of aromatic hydroxyl groups is 1. The van der Waals surface area contributed by atoms with E-state index in [4.69, 9.17) is 5.11 Å². The molecule has 0 aromatic heterocycles. The lowest BCUT2D eigenvalue weighted by atomic mass is 10.3. The number of phenolic OH excluding ortho intramolecular Hbond substituents is 1. The second kappa shape index (κ2) is 3.56. The van der Waals surface area contributed by atoms with Gasteiger partial charge in [0.15, 0.2) is 0 Å². The molecule has 0 spiro atoms. The van der Waals surface area contributed by atoms with E-state index in [1.807, 2.05) is 22.6 Å². The Morgan fingerprint density at radius 2 is 2.17 bits per heavy atom. The molecular weight excluding hydrogens is 341 g/mol. The fourth-order valence-electron chi connectivity index (χ4n) is 0.666. The topological polar surface area (TPSA) is 63.4 Å². The van der Waals surface area contributed by atoms with Crippen LogP contribution in [0.2, 0.25) is 0 Å². The molecule has 0 unspecified atom stereocenters. The number of hydrogen-bond acceptors (Lipinski definition) is 3. The maximum absolute atomic E-state index is 10.4. The van der Waals surface area contributed by atoms with Gasteiger partial charge >= 0.3 is 0 Å². The summed E-state index contributed by atoms with van der Waals surface area (Å²) in [6.07, 6.45) is 0. The summed E-state index contributed by atoms with van der Waals surface area (Å²) in [7, 11) is 0. The number of rotatable bonds is 1. The molecule has 12 heavy (non-hydrogen) atoms. The summed E-state index contributed by atoms with van der Waals surface area (Å²) in [6.45, 7) is 0. The first-order valence-electron chi connectivity index (χ1n) is 2.85. The molecule has 0 amide bonds. The van der Waals surface area contributed by atoms with Gasteiger partial charge in [0.25, 0.3) is 5.69 Å². The van der Waals surface area contributed by atoms with Gasteiger partial charge in [-0.05, 0) is 38.5 Å². The maximum atomic E-state index is 10.4. The molecular formula is C6H3BrINO3. The molecule has 64 valence electrons. The Labute approximate surface area is 90.0 Å². The van der Waals surface area contributed by atoms with Crippen LogP contribution in [0, 0.1) is 13.7 Å². The van der Waals surface area contributed by atoms with E-state index in [9.17, 15) is 10.1 Å². The molecule has 1 N–H and O–H groups in total. The molecule has 0 heterocycles. The van der Waals surface area contributed by atoms with E-state index in [2.05, 4.69) is 15.9 Å². The number of halogens is 2. The second-order valence-electron chi connectivity index (χ2n) is 2.01. The number of nitrogens with zero attached hydrogens (tertiary/aromatic N) is 1. The van der Waals surface area contributed by atoms with E-state index < -0.39 is 4.92 Å². The number of benzene rings is 1. The number of phenols is 1. The monoisotopic (exact) mass is 343 g/mol. The summed E-state index contributed by atoms with van der Waals surface area (Å²) in [5.41, 5.74) is -0.0443. The normalized spacial score (nSPS) is 9.83. The molecule has 0 aliphatic heterocycles. The summed E-state index contributed by atoms with van der Waals surface area (Å²) < 4.78 is 0.743. The van der Waals surface area contributed by atoms with Gasteiger partial charge in [-0.1, -0.05) is 0 Å². The van der Waals surface area contributed by atoms with Gasteiger partial charge in [-0.25, -0.2) is 0 Å². The van der Waals surface area contributed by atoms with Crippen molar-refractivity contribution in [1.29, 1.82) is 0 Å². The molecule has 1 aromatic rings. The van der Waals surface area contributed by atoms with Crippen LogP contribution < -0.4 is 0 Å². The molecule has 6 heteroatoms. The van der Waals surface area contributed by atoms with Crippen LogP contribution in [0.15, 0.2) is 16.6 Å². The van der Waals surface area contributed by atoms with Crippen molar-refractivity contribution in [3.05, 3.63) is 30.3 Å². The number of hydrogen-bond donors (Lipinski definition) is 1. The van der Waals surface area contributed by atoms with Crippen molar-refractivity contribution in [3.63, 3.8) is 0 Å². The standard InChI is InChI=1S/C6H3BrINO3/c7-3-1-6(10)4(8)2-5(3)9(11)12/h1-2,10H. The van der Waals surface area contributed by atoms with E-state index in [1.54, 1.807) is 0 Å². The largest absolute Gasteiger partial charge is 0.507 e. The van der Waals surface area contributed by atoms with E-state index >= 15 is 0 Å². The minimum atomic E-state index is -0.508. The van der Waals surface area contributed by atoms with Gasteiger partial charge < -0.3 is 5.11 Å². The van der Waals surface area contributed by atoms with Crippen LogP contribution in [0.3, 0.4) is 0 Å². The lowest BCUT2D eigenvalue weighted by Crippen LogP contribution is -1.90. The molecule has 0 bridgehead atoms. The molecule has 1 rings (SSSR count). The van der Waals surface area contributed by atoms with Gasteiger partial charge in [-0.2, -0.15) is 0 Å². The molecule has 0 aliphatic rings. The SMILES string of the molecule is O=[N+]([O-])c1cc(I)c(O)cc1Br. The van der Waals surface area contributed by atoms with E-state index in [0.717, 1.165) is 0 Å². The van der Waals surface area contributed by atoms with Crippen molar-refractivity contribution in [1.82, 2.24) is 0 Å². The third-order valence-electron chi connectivity index (χ3n) is 1.21. The first-order valence-corrected chi connectivity index (χ1v) is 4.72. The van der Waals surface area contributed by atoms with Gasteiger partial charge in [-0.15, -0.1) is 0 Å². The third-order valence-corrected chi connectivity index (χ3v) is 2.71. The van der Waals surface area contributed by atoms with E-state index in [1.165, 1.54) is 12.1 Å². The fourth-order valence-corrected chi connectivity index (χ4v) is 1.59. The molecule has 0 saturated carbocycles. The van der Waals surface area contributed by atoms with Crippen molar-refractivity contribution < 1.29 is 10.0 Å². The van der Waals surface area contributed by atoms with Gasteiger partial charge in [0.05, 0.1) is 13.0 Å². The zero-order valence-corrected chi connectivity index (χ0v) is 9.37. The maximum Gasteiger partial charge on any atom is 0.284 e. The van der Waals surface area contributed by atoms with Crippen molar-refractivity contribution in [2.45, 2.75) is 0 Å². The summed E-state index contributed by atoms with van der Waals surface area (Å²) >= 11 is 4.80. The van der Waals surface area contributed by atoms with Crippen LogP contribution in [0.1, 0.15) is 0 Å². The molecule has 1 aromatic carbocycles. The fraction of sp³-hybridized carbons (Fsp3) is 0. The zero-order chi connectivity index (χ0) is 9.30. The molecule has 0 aliphatic carbocycles. The summed E-state index contributed by atoms with van der Waals surface area (Å²) in [5.74, 6) is 0.0353. The van der Waals surface area contributed by atoms with Crippen molar-refractivity contribution in [2.24, 2.45) is 0 Å². The second-order valence-corrected chi connectivity index (χ2v) is 4.03. The van der Waals surface area contributed by atoms with Gasteiger partial charge in [0, 0.05) is 12.1 Å². The Bertz CT molecular complexity index is 342. The molecule has 0 saturated heterocycles. The van der Waals surface area contributed by atoms with Crippen LogP contribution in [-0.2, 0) is 0 Å². The summed E-state index contributed by atoms with van der Waals surface area (Å²) in [5, 5.41) is 19.5. The molecule has 0 atom stereocenters. The zero-order valence-electron chi connectivity index (χ0n) is 5.62. The van der Waals surface area contributed by atoms with Crippen molar-refractivity contribution in [2.75, 3.05) is 0 Å². The predicted molar refractivity (Wildman–Crippen MR) is 55.2 cm³/mol.